The normalized spacial score (nSPS) is 15.3. The highest BCUT2D eigenvalue weighted by Crippen LogP contribution is 2.28. The number of fused-ring (bicyclic) bond motifs is 1. The Morgan fingerprint density at radius 3 is 2.57 bits per heavy atom. The van der Waals surface area contributed by atoms with Crippen LogP contribution in [0.15, 0.2) is 42.7 Å². The zero-order valence-electron chi connectivity index (χ0n) is 16.2. The molecule has 0 saturated heterocycles. The van der Waals surface area contributed by atoms with E-state index < -0.39 is 11.9 Å². The molecule has 0 radical (unpaired) electrons. The fourth-order valence-corrected chi connectivity index (χ4v) is 4.10. The van der Waals surface area contributed by atoms with Crippen LogP contribution in [0.4, 0.5) is 0 Å². The summed E-state index contributed by atoms with van der Waals surface area (Å²) in [6.45, 7) is 0. The first-order valence-corrected chi connectivity index (χ1v) is 10.1. The number of rotatable bonds is 6. The van der Waals surface area contributed by atoms with Gasteiger partial charge in [-0.25, -0.2) is 4.98 Å². The molecule has 1 aromatic carbocycles. The first-order chi connectivity index (χ1) is 14.1. The van der Waals surface area contributed by atoms with Gasteiger partial charge in [0.1, 0.15) is 17.4 Å². The lowest BCUT2D eigenvalue weighted by Gasteiger charge is -2.25. The van der Waals surface area contributed by atoms with E-state index in [9.17, 15) is 9.59 Å². The second-order valence-corrected chi connectivity index (χ2v) is 7.69. The van der Waals surface area contributed by atoms with Crippen molar-refractivity contribution in [3.05, 3.63) is 48.3 Å². The maximum atomic E-state index is 13.0. The molecular formula is C23H29N5O2. The molecule has 2 aromatic heterocycles. The largest absolute Gasteiger partial charge is 0.368 e. The summed E-state index contributed by atoms with van der Waals surface area (Å²) in [5, 5.41) is 2.84. The maximum absolute atomic E-state index is 13.0. The first kappa shape index (κ1) is 21.5. The van der Waals surface area contributed by atoms with Crippen LogP contribution in [0, 0.1) is 5.92 Å². The van der Waals surface area contributed by atoms with E-state index in [1.807, 2.05) is 18.2 Å². The lowest BCUT2D eigenvalue weighted by molar-refractivity contribution is -0.120. The summed E-state index contributed by atoms with van der Waals surface area (Å²) >= 11 is 0. The van der Waals surface area contributed by atoms with Crippen LogP contribution in [0.3, 0.4) is 0 Å². The number of benzene rings is 1. The molecule has 1 aliphatic carbocycles. The molecular weight excluding hydrogens is 378 g/mol. The summed E-state index contributed by atoms with van der Waals surface area (Å²) in [6.07, 6.45) is 9.75. The van der Waals surface area contributed by atoms with Crippen molar-refractivity contribution in [3.8, 4) is 11.4 Å². The predicted molar refractivity (Wildman–Crippen MR) is 118 cm³/mol. The van der Waals surface area contributed by atoms with Crippen molar-refractivity contribution in [2.24, 2.45) is 11.7 Å². The molecule has 7 nitrogen and oxygen atoms in total. The highest BCUT2D eigenvalue weighted by Gasteiger charge is 2.25. The molecule has 1 atom stereocenters. The zero-order chi connectivity index (χ0) is 20.2. The molecule has 4 rings (SSSR count). The molecule has 0 bridgehead atoms. The van der Waals surface area contributed by atoms with Gasteiger partial charge < -0.3 is 16.0 Å². The Labute approximate surface area is 176 Å². The highest BCUT2D eigenvalue weighted by molar-refractivity contribution is 6.06. The maximum Gasteiger partial charge on any atom is 0.254 e. The van der Waals surface area contributed by atoms with Gasteiger partial charge in [-0.05, 0) is 36.6 Å². The minimum absolute atomic E-state index is 0. The third-order valence-corrected chi connectivity index (χ3v) is 5.65. The molecule has 3 aromatic rings. The second-order valence-electron chi connectivity index (χ2n) is 7.69. The molecule has 0 unspecified atom stereocenters. The molecule has 4 N–H and O–H groups in total. The summed E-state index contributed by atoms with van der Waals surface area (Å²) in [4.78, 5) is 36.8. The fraction of sp³-hybridized carbons (Fsp3) is 0.391. The van der Waals surface area contributed by atoms with Crippen molar-refractivity contribution in [2.75, 3.05) is 0 Å². The Balaban J connectivity index is 0.00000256. The van der Waals surface area contributed by atoms with Gasteiger partial charge in [0.05, 0.1) is 11.1 Å². The van der Waals surface area contributed by atoms with E-state index in [1.165, 1.54) is 19.3 Å². The Hall–Kier alpha value is -3.22. The van der Waals surface area contributed by atoms with Gasteiger partial charge in [0.2, 0.25) is 5.91 Å². The molecule has 30 heavy (non-hydrogen) atoms. The van der Waals surface area contributed by atoms with Gasteiger partial charge in [-0.3, -0.25) is 14.6 Å². The van der Waals surface area contributed by atoms with Crippen molar-refractivity contribution < 1.29 is 9.59 Å². The van der Waals surface area contributed by atoms with Crippen LogP contribution in [0.5, 0.6) is 0 Å². The first-order valence-electron chi connectivity index (χ1n) is 10.1. The molecule has 158 valence electrons. The Morgan fingerprint density at radius 2 is 1.87 bits per heavy atom. The van der Waals surface area contributed by atoms with Crippen LogP contribution in [-0.4, -0.2) is 32.8 Å². The lowest BCUT2D eigenvalue weighted by atomic mass is 9.84. The number of nitrogens with two attached hydrogens (primary N) is 1. The van der Waals surface area contributed by atoms with E-state index in [4.69, 9.17) is 5.73 Å². The monoisotopic (exact) mass is 407 g/mol. The summed E-state index contributed by atoms with van der Waals surface area (Å²) < 4.78 is 0. The number of carbonyl (C=O) groups is 2. The van der Waals surface area contributed by atoms with Crippen LogP contribution in [0.1, 0.15) is 56.3 Å². The number of hydrogen-bond acceptors (Lipinski definition) is 4. The van der Waals surface area contributed by atoms with Crippen molar-refractivity contribution in [2.45, 2.75) is 52.0 Å². The number of imidazole rings is 1. The van der Waals surface area contributed by atoms with E-state index in [1.54, 1.807) is 24.5 Å². The van der Waals surface area contributed by atoms with Gasteiger partial charge in [-0.1, -0.05) is 45.6 Å². The number of nitrogens with zero attached hydrogens (tertiary/aromatic N) is 2. The Kier molecular flexibility index (Phi) is 6.82. The van der Waals surface area contributed by atoms with Crippen molar-refractivity contribution >= 4 is 22.8 Å². The predicted octanol–water partition coefficient (Wildman–Crippen LogP) is 3.82. The third kappa shape index (κ3) is 4.67. The number of H-pyrrole nitrogens is 1. The minimum atomic E-state index is -0.667. The molecule has 2 amide bonds. The van der Waals surface area contributed by atoms with Gasteiger partial charge >= 0.3 is 0 Å². The molecule has 1 fully saturated rings. The van der Waals surface area contributed by atoms with Crippen LogP contribution in [0.25, 0.3) is 22.4 Å². The summed E-state index contributed by atoms with van der Waals surface area (Å²) in [6, 6.07) is 8.42. The molecule has 0 aliphatic heterocycles. The number of primary amides is 1. The quantitative estimate of drug-likeness (QED) is 0.576. The van der Waals surface area contributed by atoms with Crippen molar-refractivity contribution in [1.29, 1.82) is 0 Å². The van der Waals surface area contributed by atoms with Gasteiger partial charge in [-0.15, -0.1) is 0 Å². The molecule has 1 aliphatic rings. The summed E-state index contributed by atoms with van der Waals surface area (Å²) in [5.41, 5.74) is 8.22. The number of nitrogens with one attached hydrogen (secondary N) is 2. The molecule has 1 saturated carbocycles. The van der Waals surface area contributed by atoms with E-state index in [2.05, 4.69) is 20.3 Å². The highest BCUT2D eigenvalue weighted by atomic mass is 16.2. The molecule has 0 spiro atoms. The average Bonchev–Trinajstić information content (AvgIpc) is 3.19. The zero-order valence-corrected chi connectivity index (χ0v) is 16.2. The molecule has 2 heterocycles. The van der Waals surface area contributed by atoms with Gasteiger partial charge in [0.25, 0.3) is 5.91 Å². The summed E-state index contributed by atoms with van der Waals surface area (Å²) in [7, 11) is 0. The van der Waals surface area contributed by atoms with Crippen LogP contribution in [-0.2, 0) is 4.79 Å². The van der Waals surface area contributed by atoms with E-state index in [0.717, 1.165) is 23.9 Å². The number of amides is 2. The number of para-hydroxylation sites is 1. The lowest BCUT2D eigenvalue weighted by Crippen LogP contribution is -2.45. The Morgan fingerprint density at radius 1 is 1.13 bits per heavy atom. The average molecular weight is 408 g/mol. The Bertz CT molecular complexity index is 1010. The second kappa shape index (κ2) is 9.52. The molecule has 7 heteroatoms. The van der Waals surface area contributed by atoms with Crippen LogP contribution < -0.4 is 11.1 Å². The van der Waals surface area contributed by atoms with Gasteiger partial charge in [0.15, 0.2) is 0 Å². The number of hydrogen-bond donors (Lipinski definition) is 3. The SMILES string of the molecule is C.NC(=O)[C@@H](CC1CCCCC1)NC(=O)c1cccc2[nH]c(-c3ccncc3)nc12. The van der Waals surface area contributed by atoms with Crippen molar-refractivity contribution in [3.63, 3.8) is 0 Å². The van der Waals surface area contributed by atoms with Gasteiger partial charge in [-0.2, -0.15) is 0 Å². The van der Waals surface area contributed by atoms with E-state index in [0.29, 0.717) is 29.2 Å². The number of carbonyl (C=O) groups excluding carboxylic acids is 2. The number of aromatic nitrogens is 3. The third-order valence-electron chi connectivity index (χ3n) is 5.65. The van der Waals surface area contributed by atoms with Gasteiger partial charge in [0, 0.05) is 18.0 Å². The number of pyridine rings is 1. The smallest absolute Gasteiger partial charge is 0.254 e. The standard InChI is InChI=1S/C22H25N5O2.CH4/c23-20(28)18(13-14-5-2-1-3-6-14)26-22(29)16-7-4-8-17-19(16)27-21(25-17)15-9-11-24-12-10-15;/h4,7-12,14,18H,1-3,5-6,13H2,(H2,23,28)(H,25,27)(H,26,29);1H4/t18-;/m1./s1. The van der Waals surface area contributed by atoms with Crippen LogP contribution in [0.2, 0.25) is 0 Å². The minimum Gasteiger partial charge on any atom is -0.368 e. The van der Waals surface area contributed by atoms with Crippen LogP contribution >= 0.6 is 0 Å². The topological polar surface area (TPSA) is 114 Å². The summed E-state index contributed by atoms with van der Waals surface area (Å²) in [5.74, 6) is 0.274. The van der Waals surface area contributed by atoms with E-state index in [-0.39, 0.29) is 13.3 Å². The fourth-order valence-electron chi connectivity index (χ4n) is 4.10. The van der Waals surface area contributed by atoms with Crippen molar-refractivity contribution in [1.82, 2.24) is 20.3 Å². The number of aromatic amines is 1. The van der Waals surface area contributed by atoms with E-state index >= 15 is 0 Å².